The van der Waals surface area contributed by atoms with Crippen molar-refractivity contribution in [2.75, 3.05) is 13.2 Å². The summed E-state index contributed by atoms with van der Waals surface area (Å²) in [5.41, 5.74) is -0.210. The molecular formula is C20H19ClF3N3O4. The number of nitrogens with zero attached hydrogens (tertiary/aromatic N) is 3. The van der Waals surface area contributed by atoms with Crippen molar-refractivity contribution in [3.05, 3.63) is 46.7 Å². The second kappa shape index (κ2) is 8.62. The average molecular weight is 458 g/mol. The van der Waals surface area contributed by atoms with Crippen molar-refractivity contribution >= 4 is 11.6 Å². The molecule has 3 heterocycles. The third-order valence-corrected chi connectivity index (χ3v) is 5.11. The molecule has 31 heavy (non-hydrogen) atoms. The van der Waals surface area contributed by atoms with Crippen LogP contribution in [-0.4, -0.2) is 45.5 Å². The average Bonchev–Trinajstić information content (AvgIpc) is 3.24. The molecule has 0 amide bonds. The Kier molecular flexibility index (Phi) is 6.07. The van der Waals surface area contributed by atoms with E-state index in [-0.39, 0.29) is 36.3 Å². The van der Waals surface area contributed by atoms with Crippen LogP contribution >= 0.6 is 11.6 Å². The van der Waals surface area contributed by atoms with Gasteiger partial charge < -0.3 is 19.1 Å². The smallest absolute Gasteiger partial charge is 0.391 e. The van der Waals surface area contributed by atoms with Crippen LogP contribution in [0.15, 0.2) is 35.0 Å². The van der Waals surface area contributed by atoms with Gasteiger partial charge in [-0.2, -0.15) is 18.3 Å². The molecule has 1 fully saturated rings. The number of aliphatic hydroxyl groups is 1. The summed E-state index contributed by atoms with van der Waals surface area (Å²) in [4.78, 5) is 0. The maximum atomic E-state index is 13.9. The SMILES string of the molecule is C[C@H](O)Cn1ncc(-c2onc(-c3ccccc3Cl)c2COC2COC2)c1C(F)(F)F. The molecule has 0 radical (unpaired) electrons. The molecule has 0 bridgehead atoms. The summed E-state index contributed by atoms with van der Waals surface area (Å²) in [7, 11) is 0. The number of rotatable bonds is 7. The zero-order valence-corrected chi connectivity index (χ0v) is 17.2. The molecule has 0 saturated carbocycles. The maximum absolute atomic E-state index is 13.9. The minimum Gasteiger partial charge on any atom is -0.391 e. The van der Waals surface area contributed by atoms with E-state index in [1.165, 1.54) is 6.92 Å². The summed E-state index contributed by atoms with van der Waals surface area (Å²) in [6, 6.07) is 6.82. The molecule has 2 aromatic heterocycles. The van der Waals surface area contributed by atoms with Crippen LogP contribution < -0.4 is 0 Å². The molecular weight excluding hydrogens is 439 g/mol. The Bertz CT molecular complexity index is 1060. The van der Waals surface area contributed by atoms with Gasteiger partial charge in [-0.05, 0) is 13.0 Å². The Balaban J connectivity index is 1.83. The van der Waals surface area contributed by atoms with Gasteiger partial charge in [0.1, 0.15) is 11.8 Å². The first kappa shape index (κ1) is 21.8. The van der Waals surface area contributed by atoms with Crippen molar-refractivity contribution in [1.82, 2.24) is 14.9 Å². The van der Waals surface area contributed by atoms with Crippen LogP contribution in [0.5, 0.6) is 0 Å². The minimum absolute atomic E-state index is 0.0493. The normalized spacial score (nSPS) is 15.8. The molecule has 4 rings (SSSR count). The van der Waals surface area contributed by atoms with Crippen molar-refractivity contribution in [3.63, 3.8) is 0 Å². The number of aromatic nitrogens is 3. The zero-order chi connectivity index (χ0) is 22.2. The fourth-order valence-electron chi connectivity index (χ4n) is 3.27. The molecule has 1 aliphatic heterocycles. The number of benzene rings is 1. The van der Waals surface area contributed by atoms with Gasteiger partial charge in [-0.1, -0.05) is 35.0 Å². The van der Waals surface area contributed by atoms with Gasteiger partial charge in [-0.3, -0.25) is 4.68 Å². The molecule has 1 N–H and O–H groups in total. The highest BCUT2D eigenvalue weighted by Gasteiger charge is 2.41. The van der Waals surface area contributed by atoms with E-state index in [0.29, 0.717) is 34.0 Å². The standard InChI is InChI=1S/C20H19ClF3N3O4/c1-11(28)7-27-19(20(22,23)24)14(6-25-27)18-15(10-30-12-8-29-9-12)17(26-31-18)13-4-2-3-5-16(13)21/h2-6,11-12,28H,7-10H2,1H3/t11-/m0/s1. The molecule has 1 aliphatic rings. The highest BCUT2D eigenvalue weighted by atomic mass is 35.5. The van der Waals surface area contributed by atoms with Crippen LogP contribution in [0.4, 0.5) is 13.2 Å². The van der Waals surface area contributed by atoms with Gasteiger partial charge >= 0.3 is 6.18 Å². The largest absolute Gasteiger partial charge is 0.433 e. The Morgan fingerprint density at radius 1 is 1.29 bits per heavy atom. The number of ether oxygens (including phenoxy) is 2. The summed E-state index contributed by atoms with van der Waals surface area (Å²) in [6.07, 6.45) is -4.87. The van der Waals surface area contributed by atoms with Crippen LogP contribution in [0.1, 0.15) is 18.2 Å². The van der Waals surface area contributed by atoms with Crippen molar-refractivity contribution in [2.24, 2.45) is 0 Å². The fraction of sp³-hybridized carbons (Fsp3) is 0.400. The van der Waals surface area contributed by atoms with E-state index < -0.39 is 18.0 Å². The Morgan fingerprint density at radius 3 is 2.65 bits per heavy atom. The van der Waals surface area contributed by atoms with Crippen LogP contribution in [-0.2, 0) is 28.8 Å². The lowest BCUT2D eigenvalue weighted by Crippen LogP contribution is -2.35. The van der Waals surface area contributed by atoms with Gasteiger partial charge in [-0.25, -0.2) is 0 Å². The van der Waals surface area contributed by atoms with E-state index in [1.54, 1.807) is 24.3 Å². The van der Waals surface area contributed by atoms with Crippen molar-refractivity contribution in [3.8, 4) is 22.6 Å². The Morgan fingerprint density at radius 2 is 2.03 bits per heavy atom. The molecule has 11 heteroatoms. The van der Waals surface area contributed by atoms with Crippen molar-refractivity contribution in [1.29, 1.82) is 0 Å². The van der Waals surface area contributed by atoms with E-state index >= 15 is 0 Å². The number of hydrogen-bond donors (Lipinski definition) is 1. The van der Waals surface area contributed by atoms with E-state index in [4.69, 9.17) is 25.6 Å². The lowest BCUT2D eigenvalue weighted by atomic mass is 10.0. The Hall–Kier alpha value is -2.40. The van der Waals surface area contributed by atoms with E-state index in [9.17, 15) is 18.3 Å². The first-order valence-corrected chi connectivity index (χ1v) is 9.87. The third-order valence-electron chi connectivity index (χ3n) is 4.78. The topological polar surface area (TPSA) is 82.5 Å². The van der Waals surface area contributed by atoms with Crippen LogP contribution in [0, 0.1) is 0 Å². The first-order valence-electron chi connectivity index (χ1n) is 9.50. The minimum atomic E-state index is -4.74. The zero-order valence-electron chi connectivity index (χ0n) is 16.4. The van der Waals surface area contributed by atoms with Crippen molar-refractivity contribution < 1.29 is 32.3 Å². The second-order valence-corrected chi connectivity index (χ2v) is 7.63. The van der Waals surface area contributed by atoms with Gasteiger partial charge in [0, 0.05) is 5.56 Å². The molecule has 1 saturated heterocycles. The molecule has 7 nitrogen and oxygen atoms in total. The predicted octanol–water partition coefficient (Wildman–Crippen LogP) is 4.17. The molecule has 0 spiro atoms. The molecule has 0 aliphatic carbocycles. The van der Waals surface area contributed by atoms with Gasteiger partial charge in [0.2, 0.25) is 0 Å². The van der Waals surface area contributed by atoms with Gasteiger partial charge in [0.25, 0.3) is 0 Å². The van der Waals surface area contributed by atoms with Crippen LogP contribution in [0.3, 0.4) is 0 Å². The van der Waals surface area contributed by atoms with Gasteiger partial charge in [-0.15, -0.1) is 0 Å². The monoisotopic (exact) mass is 457 g/mol. The summed E-state index contributed by atoms with van der Waals surface area (Å²) in [6.45, 7) is 1.81. The highest BCUT2D eigenvalue weighted by Crippen LogP contribution is 2.42. The Labute approximate surface area is 180 Å². The highest BCUT2D eigenvalue weighted by molar-refractivity contribution is 6.33. The van der Waals surface area contributed by atoms with E-state index in [2.05, 4.69) is 10.3 Å². The predicted molar refractivity (Wildman–Crippen MR) is 104 cm³/mol. The number of aliphatic hydroxyl groups excluding tert-OH is 1. The summed E-state index contributed by atoms with van der Waals surface area (Å²) in [5.74, 6) is -0.112. The molecule has 1 atom stereocenters. The third kappa shape index (κ3) is 4.47. The lowest BCUT2D eigenvalue weighted by Gasteiger charge is -2.26. The number of alkyl halides is 3. The summed E-state index contributed by atoms with van der Waals surface area (Å²) in [5, 5.41) is 17.8. The molecule has 0 unspecified atom stereocenters. The second-order valence-electron chi connectivity index (χ2n) is 7.22. The summed E-state index contributed by atoms with van der Waals surface area (Å²) < 4.78 is 58.7. The lowest BCUT2D eigenvalue weighted by molar-refractivity contribution is -0.144. The van der Waals surface area contributed by atoms with Crippen LogP contribution in [0.2, 0.25) is 5.02 Å². The van der Waals surface area contributed by atoms with Gasteiger partial charge in [0.05, 0.1) is 54.8 Å². The van der Waals surface area contributed by atoms with Crippen LogP contribution in [0.25, 0.3) is 22.6 Å². The van der Waals surface area contributed by atoms with E-state index in [1.807, 2.05) is 0 Å². The fourth-order valence-corrected chi connectivity index (χ4v) is 3.50. The maximum Gasteiger partial charge on any atom is 0.433 e. The van der Waals surface area contributed by atoms with Crippen molar-refractivity contribution in [2.45, 2.75) is 38.5 Å². The number of hydrogen-bond acceptors (Lipinski definition) is 6. The quantitative estimate of drug-likeness (QED) is 0.573. The van der Waals surface area contributed by atoms with Gasteiger partial charge in [0.15, 0.2) is 11.5 Å². The van der Waals surface area contributed by atoms with E-state index in [0.717, 1.165) is 6.20 Å². The molecule has 3 aromatic rings. The molecule has 166 valence electrons. The molecule has 1 aromatic carbocycles. The number of halogens is 4. The summed E-state index contributed by atoms with van der Waals surface area (Å²) >= 11 is 6.29. The first-order chi connectivity index (χ1) is 14.8.